The minimum Gasteiger partial charge on any atom is -0.388 e. The highest BCUT2D eigenvalue weighted by atomic mass is 16.3. The first kappa shape index (κ1) is 12.4. The van der Waals surface area contributed by atoms with Gasteiger partial charge in [0.25, 0.3) is 0 Å². The number of fused-ring (bicyclic) bond motifs is 1. The molecule has 1 fully saturated rings. The smallest absolute Gasteiger partial charge is 0.231 e. The molecular weight excluding hydrogens is 242 g/mol. The molecule has 1 amide bonds. The quantitative estimate of drug-likeness (QED) is 0.781. The van der Waals surface area contributed by atoms with Crippen LogP contribution in [0.25, 0.3) is 0 Å². The minimum atomic E-state index is -0.860. The second-order valence-electron chi connectivity index (χ2n) is 5.22. The van der Waals surface area contributed by atoms with Gasteiger partial charge in [-0.2, -0.15) is 0 Å². The fourth-order valence-corrected chi connectivity index (χ4v) is 3.10. The third-order valence-corrected chi connectivity index (χ3v) is 4.18. The molecule has 1 saturated heterocycles. The Morgan fingerprint density at radius 3 is 2.47 bits per heavy atom. The Morgan fingerprint density at radius 2 is 1.84 bits per heavy atom. The van der Waals surface area contributed by atoms with Crippen molar-refractivity contribution >= 4 is 5.91 Å². The van der Waals surface area contributed by atoms with Crippen LogP contribution in [0, 0.1) is 11.8 Å². The van der Waals surface area contributed by atoms with Crippen molar-refractivity contribution in [3.63, 3.8) is 0 Å². The zero-order valence-corrected chi connectivity index (χ0v) is 10.7. The number of hydrogen-bond acceptors (Lipinski definition) is 3. The maximum atomic E-state index is 12.4. The molecule has 2 N–H and O–H groups in total. The highest BCUT2D eigenvalue weighted by molar-refractivity contribution is 5.84. The predicted octanol–water partition coefficient (Wildman–Crippen LogP) is 1.07. The molecule has 0 saturated carbocycles. The van der Waals surface area contributed by atoms with E-state index >= 15 is 0 Å². The zero-order valence-electron chi connectivity index (χ0n) is 10.7. The summed E-state index contributed by atoms with van der Waals surface area (Å²) in [6, 6.07) is 9.41. The Kier molecular flexibility index (Phi) is 2.92. The van der Waals surface area contributed by atoms with Gasteiger partial charge in [-0.05, 0) is 12.5 Å². The number of aliphatic hydroxyl groups is 2. The molecule has 0 aromatic heterocycles. The second kappa shape index (κ2) is 4.47. The maximum absolute atomic E-state index is 12.4. The second-order valence-corrected chi connectivity index (χ2v) is 5.22. The number of benzene rings is 1. The van der Waals surface area contributed by atoms with E-state index in [2.05, 4.69) is 0 Å². The summed E-state index contributed by atoms with van der Waals surface area (Å²) in [5.74, 6) is -0.999. The summed E-state index contributed by atoms with van der Waals surface area (Å²) in [4.78, 5) is 13.9. The summed E-state index contributed by atoms with van der Waals surface area (Å²) in [7, 11) is 0. The van der Waals surface area contributed by atoms with Crippen LogP contribution < -0.4 is 0 Å². The Hall–Kier alpha value is -1.65. The van der Waals surface area contributed by atoms with Crippen LogP contribution in [0.1, 0.15) is 18.5 Å². The molecule has 4 nitrogen and oxygen atoms in total. The summed E-state index contributed by atoms with van der Waals surface area (Å²) < 4.78 is 0. The molecule has 2 aliphatic rings. The van der Waals surface area contributed by atoms with E-state index in [-0.39, 0.29) is 17.9 Å². The van der Waals surface area contributed by atoms with Crippen molar-refractivity contribution in [2.24, 2.45) is 11.8 Å². The van der Waals surface area contributed by atoms with Crippen LogP contribution in [0.5, 0.6) is 0 Å². The van der Waals surface area contributed by atoms with E-state index in [0.717, 1.165) is 5.56 Å². The lowest BCUT2D eigenvalue weighted by atomic mass is 9.96. The minimum absolute atomic E-state index is 0.175. The van der Waals surface area contributed by atoms with Gasteiger partial charge in [0.2, 0.25) is 5.91 Å². The van der Waals surface area contributed by atoms with Crippen LogP contribution in [0.3, 0.4) is 0 Å². The molecule has 100 valence electrons. The topological polar surface area (TPSA) is 60.8 Å². The van der Waals surface area contributed by atoms with Crippen LogP contribution in [0.2, 0.25) is 0 Å². The maximum Gasteiger partial charge on any atom is 0.231 e. The van der Waals surface area contributed by atoms with Gasteiger partial charge < -0.3 is 15.1 Å². The van der Waals surface area contributed by atoms with Crippen molar-refractivity contribution in [1.29, 1.82) is 0 Å². The van der Waals surface area contributed by atoms with Crippen molar-refractivity contribution < 1.29 is 15.0 Å². The van der Waals surface area contributed by atoms with Crippen molar-refractivity contribution in [2.75, 3.05) is 0 Å². The molecular formula is C15H17NO3. The predicted molar refractivity (Wildman–Crippen MR) is 69.8 cm³/mol. The lowest BCUT2D eigenvalue weighted by Gasteiger charge is -2.29. The highest BCUT2D eigenvalue weighted by Gasteiger charge is 2.52. The molecule has 0 bridgehead atoms. The number of nitrogens with zero attached hydrogens (tertiary/aromatic N) is 1. The van der Waals surface area contributed by atoms with Gasteiger partial charge in [-0.3, -0.25) is 4.79 Å². The molecule has 0 radical (unpaired) electrons. The fourth-order valence-electron chi connectivity index (χ4n) is 3.10. The molecule has 3 rings (SSSR count). The van der Waals surface area contributed by atoms with Gasteiger partial charge in [0.1, 0.15) is 6.23 Å². The van der Waals surface area contributed by atoms with Gasteiger partial charge in [-0.1, -0.05) is 42.5 Å². The molecule has 4 heteroatoms. The summed E-state index contributed by atoms with van der Waals surface area (Å²) >= 11 is 0. The average Bonchev–Trinajstić information content (AvgIpc) is 2.91. The normalized spacial score (nSPS) is 34.7. The monoisotopic (exact) mass is 259 g/mol. The summed E-state index contributed by atoms with van der Waals surface area (Å²) in [5.41, 5.74) is 0.980. The number of carbonyl (C=O) groups excluding carboxylic acids is 1. The van der Waals surface area contributed by atoms with Crippen molar-refractivity contribution in [3.05, 3.63) is 48.0 Å². The third kappa shape index (κ3) is 1.79. The largest absolute Gasteiger partial charge is 0.388 e. The number of rotatable bonds is 2. The number of likely N-dealkylation sites (tertiary alicyclic amines) is 1. The molecule has 1 aromatic carbocycles. The van der Waals surface area contributed by atoms with Gasteiger partial charge in [0.15, 0.2) is 0 Å². The molecule has 1 aliphatic heterocycles. The third-order valence-electron chi connectivity index (χ3n) is 4.18. The van der Waals surface area contributed by atoms with Crippen LogP contribution in [-0.4, -0.2) is 33.4 Å². The first-order valence-corrected chi connectivity index (χ1v) is 6.53. The van der Waals surface area contributed by atoms with Crippen molar-refractivity contribution in [1.82, 2.24) is 4.90 Å². The number of amides is 1. The highest BCUT2D eigenvalue weighted by Crippen LogP contribution is 2.41. The summed E-state index contributed by atoms with van der Waals surface area (Å²) in [6.45, 7) is 1.90. The Labute approximate surface area is 112 Å². The molecule has 5 atom stereocenters. The lowest BCUT2D eigenvalue weighted by Crippen LogP contribution is -2.38. The molecule has 19 heavy (non-hydrogen) atoms. The standard InChI is InChI=1S/C15H17NO3/c1-9(10-5-3-2-4-6-10)16-14(18)11-7-8-12(17)13(11)15(16)19/h2-9,11-14,17-18H,1H3/t9-,11-,12?,13-,14?/m1/s1. The first-order chi connectivity index (χ1) is 9.11. The van der Waals surface area contributed by atoms with Crippen molar-refractivity contribution in [3.8, 4) is 0 Å². The van der Waals surface area contributed by atoms with E-state index in [4.69, 9.17) is 0 Å². The number of carbonyl (C=O) groups is 1. The van der Waals surface area contributed by atoms with Gasteiger partial charge in [0, 0.05) is 5.92 Å². The van der Waals surface area contributed by atoms with Gasteiger partial charge in [-0.15, -0.1) is 0 Å². The fraction of sp³-hybridized carbons (Fsp3) is 0.400. The van der Waals surface area contributed by atoms with Crippen LogP contribution in [0.15, 0.2) is 42.5 Å². The molecule has 2 unspecified atom stereocenters. The van der Waals surface area contributed by atoms with Crippen LogP contribution >= 0.6 is 0 Å². The van der Waals surface area contributed by atoms with E-state index in [1.807, 2.05) is 37.3 Å². The zero-order chi connectivity index (χ0) is 13.6. The summed E-state index contributed by atoms with van der Waals surface area (Å²) in [5, 5.41) is 20.1. The number of hydrogen-bond donors (Lipinski definition) is 2. The van der Waals surface area contributed by atoms with E-state index in [1.54, 1.807) is 12.2 Å². The Balaban J connectivity index is 1.90. The molecule has 1 aromatic rings. The SMILES string of the molecule is C[C@H](c1ccccc1)N1C(=O)[C@H]2C(O)C=C[C@H]2C1O. The molecule has 1 aliphatic carbocycles. The number of aliphatic hydroxyl groups excluding tert-OH is 2. The Morgan fingerprint density at radius 1 is 1.16 bits per heavy atom. The van der Waals surface area contributed by atoms with Crippen molar-refractivity contribution in [2.45, 2.75) is 25.3 Å². The van der Waals surface area contributed by atoms with Gasteiger partial charge in [-0.25, -0.2) is 0 Å². The lowest BCUT2D eigenvalue weighted by molar-refractivity contribution is -0.140. The average molecular weight is 259 g/mol. The van der Waals surface area contributed by atoms with Gasteiger partial charge in [0.05, 0.1) is 18.1 Å². The van der Waals surface area contributed by atoms with Gasteiger partial charge >= 0.3 is 0 Å². The summed E-state index contributed by atoms with van der Waals surface area (Å²) in [6.07, 6.45) is 1.71. The molecule has 1 heterocycles. The van der Waals surface area contributed by atoms with E-state index in [0.29, 0.717) is 0 Å². The van der Waals surface area contributed by atoms with E-state index in [1.165, 1.54) is 4.90 Å². The van der Waals surface area contributed by atoms with Crippen LogP contribution in [-0.2, 0) is 4.79 Å². The van der Waals surface area contributed by atoms with E-state index in [9.17, 15) is 15.0 Å². The van der Waals surface area contributed by atoms with E-state index < -0.39 is 18.2 Å². The Bertz CT molecular complexity index is 513. The first-order valence-electron chi connectivity index (χ1n) is 6.53. The molecule has 0 spiro atoms. The van der Waals surface area contributed by atoms with Crippen LogP contribution in [0.4, 0.5) is 0 Å².